The molecule has 0 radical (unpaired) electrons. The molecule has 0 heterocycles. The second-order valence-corrected chi connectivity index (χ2v) is 12.8. The lowest BCUT2D eigenvalue weighted by molar-refractivity contribution is 0.484. The van der Waals surface area contributed by atoms with Crippen LogP contribution >= 0.6 is 0 Å². The number of aryl methyl sites for hydroxylation is 2. The molecule has 0 aliphatic carbocycles. The normalized spacial score (nSPS) is 12.0. The van der Waals surface area contributed by atoms with E-state index in [1.54, 1.807) is 6.07 Å². The summed E-state index contributed by atoms with van der Waals surface area (Å²) >= 11 is 0. The number of rotatable bonds is 23. The summed E-state index contributed by atoms with van der Waals surface area (Å²) in [6, 6.07) is 9.51. The van der Waals surface area contributed by atoms with Crippen LogP contribution in [0, 0.1) is 0 Å². The molecule has 0 aliphatic rings. The average Bonchev–Trinajstić information content (AvgIpc) is 2.90. The van der Waals surface area contributed by atoms with Crippen LogP contribution in [0.3, 0.4) is 0 Å². The van der Waals surface area contributed by atoms with Crippen LogP contribution in [0.25, 0.3) is 10.8 Å². The summed E-state index contributed by atoms with van der Waals surface area (Å²) in [4.78, 5) is 0.0713. The number of hydrogen-bond acceptors (Lipinski definition) is 2. The third-order valence-electron chi connectivity index (χ3n) is 8.07. The predicted molar refractivity (Wildman–Crippen MR) is 165 cm³/mol. The Hall–Kier alpha value is -1.39. The molecule has 2 aromatic rings. The van der Waals surface area contributed by atoms with Gasteiger partial charge in [-0.25, -0.2) is 0 Å². The Balaban J connectivity index is 1.93. The van der Waals surface area contributed by atoms with Gasteiger partial charge in [0.2, 0.25) is 0 Å². The highest BCUT2D eigenvalue weighted by Gasteiger charge is 2.19. The lowest BCUT2D eigenvalue weighted by atomic mass is 9.91. The largest absolute Gasteiger partial charge is 0.295 e. The molecule has 216 valence electrons. The fourth-order valence-corrected chi connectivity index (χ4v) is 6.53. The lowest BCUT2D eigenvalue weighted by Gasteiger charge is -2.16. The maximum atomic E-state index is 12.3. The summed E-state index contributed by atoms with van der Waals surface area (Å²) in [5.74, 6) is 0. The fraction of sp³-hybridized carbons (Fsp3) is 0.706. The first-order valence-corrected chi connectivity index (χ1v) is 17.4. The molecule has 0 saturated carbocycles. The quantitative estimate of drug-likeness (QED) is 0.112. The first-order valence-electron chi connectivity index (χ1n) is 16.0. The summed E-state index contributed by atoms with van der Waals surface area (Å²) in [7, 11) is -4.27. The van der Waals surface area contributed by atoms with Crippen LogP contribution in [-0.4, -0.2) is 13.0 Å². The van der Waals surface area contributed by atoms with Crippen molar-refractivity contribution in [2.45, 2.75) is 160 Å². The minimum absolute atomic E-state index is 0.0713. The van der Waals surface area contributed by atoms with E-state index in [-0.39, 0.29) is 4.90 Å². The van der Waals surface area contributed by atoms with Gasteiger partial charge in [-0.3, -0.25) is 4.55 Å². The SMILES string of the molecule is CCCCCCCCCCCCc1cc(S(=O)(=O)O)c2ccccc2c1CCCCCCCCCCCC. The third kappa shape index (κ3) is 12.6. The number of unbranched alkanes of at least 4 members (excludes halogenated alkanes) is 18. The van der Waals surface area contributed by atoms with Crippen molar-refractivity contribution in [2.24, 2.45) is 0 Å². The molecule has 0 aromatic heterocycles. The van der Waals surface area contributed by atoms with Gasteiger partial charge >= 0.3 is 0 Å². The summed E-state index contributed by atoms with van der Waals surface area (Å²) in [6.07, 6.45) is 27.9. The maximum absolute atomic E-state index is 12.3. The molecule has 0 amide bonds. The zero-order valence-corrected chi connectivity index (χ0v) is 25.4. The average molecular weight is 545 g/mol. The monoisotopic (exact) mass is 544 g/mol. The van der Waals surface area contributed by atoms with E-state index in [9.17, 15) is 13.0 Å². The Morgan fingerprint density at radius 1 is 0.553 bits per heavy atom. The first kappa shape index (κ1) is 32.8. The Bertz CT molecular complexity index is 996. The Labute approximate surface area is 235 Å². The van der Waals surface area contributed by atoms with Crippen LogP contribution < -0.4 is 0 Å². The molecule has 0 aliphatic heterocycles. The minimum Gasteiger partial charge on any atom is -0.282 e. The molecule has 2 rings (SSSR count). The lowest BCUT2D eigenvalue weighted by Crippen LogP contribution is -2.05. The topological polar surface area (TPSA) is 54.4 Å². The second kappa shape index (κ2) is 19.6. The highest BCUT2D eigenvalue weighted by Crippen LogP contribution is 2.32. The van der Waals surface area contributed by atoms with Gasteiger partial charge in [0.15, 0.2) is 0 Å². The molecule has 1 N–H and O–H groups in total. The molecular formula is C34H56O3S. The van der Waals surface area contributed by atoms with Gasteiger partial charge in [-0.2, -0.15) is 8.42 Å². The molecule has 2 aromatic carbocycles. The summed E-state index contributed by atoms with van der Waals surface area (Å²) in [5, 5.41) is 1.66. The molecular weight excluding hydrogens is 488 g/mol. The van der Waals surface area contributed by atoms with Gasteiger partial charge < -0.3 is 0 Å². The van der Waals surface area contributed by atoms with E-state index in [2.05, 4.69) is 13.8 Å². The van der Waals surface area contributed by atoms with Crippen LogP contribution in [0.2, 0.25) is 0 Å². The van der Waals surface area contributed by atoms with E-state index >= 15 is 0 Å². The molecule has 0 spiro atoms. The van der Waals surface area contributed by atoms with E-state index in [0.717, 1.165) is 36.6 Å². The molecule has 0 unspecified atom stereocenters. The number of benzene rings is 2. The van der Waals surface area contributed by atoms with Crippen LogP contribution in [0.5, 0.6) is 0 Å². The molecule has 0 atom stereocenters. The van der Waals surface area contributed by atoms with E-state index in [1.165, 1.54) is 121 Å². The van der Waals surface area contributed by atoms with Crippen molar-refractivity contribution in [2.75, 3.05) is 0 Å². The van der Waals surface area contributed by atoms with E-state index in [4.69, 9.17) is 0 Å². The zero-order chi connectivity index (χ0) is 27.5. The number of hydrogen-bond donors (Lipinski definition) is 1. The van der Waals surface area contributed by atoms with Crippen molar-refractivity contribution < 1.29 is 13.0 Å². The van der Waals surface area contributed by atoms with Crippen molar-refractivity contribution in [1.82, 2.24) is 0 Å². The minimum atomic E-state index is -4.27. The van der Waals surface area contributed by atoms with Gasteiger partial charge in [-0.1, -0.05) is 154 Å². The van der Waals surface area contributed by atoms with E-state index in [1.807, 2.05) is 24.3 Å². The van der Waals surface area contributed by atoms with Gasteiger partial charge in [0, 0.05) is 5.39 Å². The first-order chi connectivity index (χ1) is 18.5. The van der Waals surface area contributed by atoms with Crippen molar-refractivity contribution >= 4 is 20.9 Å². The summed E-state index contributed by atoms with van der Waals surface area (Å²) in [6.45, 7) is 4.53. The van der Waals surface area contributed by atoms with Crippen LogP contribution in [0.15, 0.2) is 35.2 Å². The summed E-state index contributed by atoms with van der Waals surface area (Å²) < 4.78 is 34.5. The van der Waals surface area contributed by atoms with Crippen LogP contribution in [0.4, 0.5) is 0 Å². The van der Waals surface area contributed by atoms with Gasteiger partial charge in [0.25, 0.3) is 10.1 Å². The Kier molecular flexibility index (Phi) is 17.0. The third-order valence-corrected chi connectivity index (χ3v) is 8.96. The highest BCUT2D eigenvalue weighted by molar-refractivity contribution is 7.86. The summed E-state index contributed by atoms with van der Waals surface area (Å²) in [5.41, 5.74) is 2.41. The van der Waals surface area contributed by atoms with Gasteiger partial charge in [0.1, 0.15) is 4.90 Å². The molecule has 0 bridgehead atoms. The molecule has 0 fully saturated rings. The van der Waals surface area contributed by atoms with Gasteiger partial charge in [0.05, 0.1) is 0 Å². The van der Waals surface area contributed by atoms with Crippen LogP contribution in [-0.2, 0) is 23.0 Å². The molecule has 38 heavy (non-hydrogen) atoms. The predicted octanol–water partition coefficient (Wildman–Crippen LogP) is 11.0. The Morgan fingerprint density at radius 2 is 0.947 bits per heavy atom. The zero-order valence-electron chi connectivity index (χ0n) is 24.6. The number of fused-ring (bicyclic) bond motifs is 1. The van der Waals surface area contributed by atoms with Crippen molar-refractivity contribution in [1.29, 1.82) is 0 Å². The second-order valence-electron chi connectivity index (χ2n) is 11.4. The van der Waals surface area contributed by atoms with Crippen molar-refractivity contribution in [3.05, 3.63) is 41.5 Å². The molecule has 0 saturated heterocycles. The van der Waals surface area contributed by atoms with Crippen LogP contribution in [0.1, 0.15) is 153 Å². The molecule has 3 nitrogen and oxygen atoms in total. The van der Waals surface area contributed by atoms with Gasteiger partial charge in [-0.15, -0.1) is 0 Å². The smallest absolute Gasteiger partial charge is 0.282 e. The van der Waals surface area contributed by atoms with Gasteiger partial charge in [-0.05, 0) is 48.3 Å². The van der Waals surface area contributed by atoms with E-state index in [0.29, 0.717) is 5.39 Å². The fourth-order valence-electron chi connectivity index (χ4n) is 5.78. The van der Waals surface area contributed by atoms with E-state index < -0.39 is 10.1 Å². The van der Waals surface area contributed by atoms with Crippen molar-refractivity contribution in [3.8, 4) is 0 Å². The maximum Gasteiger partial charge on any atom is 0.295 e. The Morgan fingerprint density at radius 3 is 1.39 bits per heavy atom. The highest BCUT2D eigenvalue weighted by atomic mass is 32.2. The standard InChI is InChI=1S/C34H56O3S/c1-3-5-7-9-11-13-15-17-19-21-25-30-29-34(38(35,36)37)33-28-24-23-27-32(33)31(30)26-22-20-18-16-14-12-10-8-6-4-2/h23-24,27-29H,3-22,25-26H2,1-2H3,(H,35,36,37). The van der Waals surface area contributed by atoms with Crippen molar-refractivity contribution in [3.63, 3.8) is 0 Å². The molecule has 4 heteroatoms.